The van der Waals surface area contributed by atoms with Gasteiger partial charge in [-0.05, 0) is 31.0 Å². The molecular weight excluding hydrogens is 326 g/mol. The van der Waals surface area contributed by atoms with E-state index in [-0.39, 0.29) is 5.25 Å². The maximum absolute atomic E-state index is 11.8. The van der Waals surface area contributed by atoms with E-state index in [1.807, 2.05) is 24.3 Å². The van der Waals surface area contributed by atoms with Crippen LogP contribution in [0.2, 0.25) is 5.02 Å². The van der Waals surface area contributed by atoms with Gasteiger partial charge in [0.25, 0.3) is 0 Å². The number of nitrogens with one attached hydrogen (secondary N) is 1. The molecule has 1 aliphatic rings. The molecule has 1 aliphatic carbocycles. The van der Waals surface area contributed by atoms with Crippen molar-refractivity contribution < 1.29 is 4.79 Å². The number of rotatable bonds is 4. The molecule has 0 radical (unpaired) electrons. The molecule has 1 aromatic heterocycles. The van der Waals surface area contributed by atoms with Crippen LogP contribution in [-0.2, 0) is 4.79 Å². The Bertz CT molecular complexity index is 647. The summed E-state index contributed by atoms with van der Waals surface area (Å²) in [7, 11) is 0. The van der Waals surface area contributed by atoms with E-state index in [2.05, 4.69) is 15.5 Å². The molecule has 0 aliphatic heterocycles. The molecule has 1 aromatic carbocycles. The summed E-state index contributed by atoms with van der Waals surface area (Å²) in [4.78, 5) is 11.8. The average molecular weight is 340 g/mol. The molecule has 7 heteroatoms. The Morgan fingerprint density at radius 2 is 2.24 bits per heavy atom. The third kappa shape index (κ3) is 3.96. The molecule has 2 aromatic rings. The predicted molar refractivity (Wildman–Crippen MR) is 87.8 cm³/mol. The Labute approximate surface area is 136 Å². The number of thioether (sulfide) groups is 1. The quantitative estimate of drug-likeness (QED) is 0.886. The van der Waals surface area contributed by atoms with Gasteiger partial charge in [-0.2, -0.15) is 0 Å². The molecule has 0 amide bonds. The van der Waals surface area contributed by atoms with Gasteiger partial charge < -0.3 is 5.32 Å². The van der Waals surface area contributed by atoms with E-state index in [0.29, 0.717) is 22.4 Å². The summed E-state index contributed by atoms with van der Waals surface area (Å²) < 4.78 is 0.833. The van der Waals surface area contributed by atoms with Gasteiger partial charge in [0.15, 0.2) is 4.34 Å². The number of ketones is 1. The molecule has 0 saturated heterocycles. The van der Waals surface area contributed by atoms with Gasteiger partial charge in [-0.3, -0.25) is 4.79 Å². The van der Waals surface area contributed by atoms with Crippen molar-refractivity contribution in [1.82, 2.24) is 10.2 Å². The van der Waals surface area contributed by atoms with Crippen molar-refractivity contribution in [2.24, 2.45) is 0 Å². The van der Waals surface area contributed by atoms with Crippen molar-refractivity contribution >= 4 is 51.3 Å². The zero-order valence-corrected chi connectivity index (χ0v) is 13.6. The van der Waals surface area contributed by atoms with E-state index >= 15 is 0 Å². The Hall–Kier alpha value is -1.11. The van der Waals surface area contributed by atoms with Gasteiger partial charge in [-0.15, -0.1) is 10.2 Å². The number of Topliss-reactive ketones (excluding diaryl/α,β-unsaturated/α-hetero) is 1. The number of carbonyl (C=O) groups is 1. The van der Waals surface area contributed by atoms with Crippen molar-refractivity contribution in [2.45, 2.75) is 35.3 Å². The molecule has 0 spiro atoms. The van der Waals surface area contributed by atoms with Gasteiger partial charge in [0, 0.05) is 17.1 Å². The Balaban J connectivity index is 1.64. The Kier molecular flexibility index (Phi) is 4.77. The number of hydrogen-bond donors (Lipinski definition) is 1. The van der Waals surface area contributed by atoms with Gasteiger partial charge in [0.05, 0.1) is 5.25 Å². The summed E-state index contributed by atoms with van der Waals surface area (Å²) >= 11 is 8.95. The monoisotopic (exact) mass is 339 g/mol. The van der Waals surface area contributed by atoms with Crippen molar-refractivity contribution in [3.05, 3.63) is 29.3 Å². The third-order valence-corrected chi connectivity index (χ3v) is 5.70. The Morgan fingerprint density at radius 3 is 3.05 bits per heavy atom. The smallest absolute Gasteiger partial charge is 0.210 e. The zero-order chi connectivity index (χ0) is 14.7. The first kappa shape index (κ1) is 14.8. The van der Waals surface area contributed by atoms with Crippen LogP contribution >= 0.6 is 34.7 Å². The number of halogens is 1. The topological polar surface area (TPSA) is 54.9 Å². The van der Waals surface area contributed by atoms with Crippen LogP contribution < -0.4 is 5.32 Å². The summed E-state index contributed by atoms with van der Waals surface area (Å²) in [5.74, 6) is 0.339. The van der Waals surface area contributed by atoms with Crippen LogP contribution in [0.5, 0.6) is 0 Å². The fraction of sp³-hybridized carbons (Fsp3) is 0.357. The summed E-state index contributed by atoms with van der Waals surface area (Å²) in [6.07, 6.45) is 3.79. The molecule has 1 heterocycles. The SMILES string of the molecule is O=C1CCCC[C@H]1Sc1nnc(Nc2cccc(Cl)c2)s1. The standard InChI is InChI=1S/C14H14ClN3OS2/c15-9-4-3-5-10(8-9)16-13-17-18-14(21-13)20-12-7-2-1-6-11(12)19/h3-5,8,12H,1-2,6-7H2,(H,16,17)/t12-/m1/s1. The highest BCUT2D eigenvalue weighted by Crippen LogP contribution is 2.35. The Morgan fingerprint density at radius 1 is 1.33 bits per heavy atom. The highest BCUT2D eigenvalue weighted by Gasteiger charge is 2.24. The van der Waals surface area contributed by atoms with Crippen molar-refractivity contribution in [3.8, 4) is 0 Å². The first-order chi connectivity index (χ1) is 10.2. The van der Waals surface area contributed by atoms with Gasteiger partial charge in [-0.1, -0.05) is 47.2 Å². The fourth-order valence-corrected chi connectivity index (χ4v) is 4.53. The van der Waals surface area contributed by atoms with Crippen molar-refractivity contribution in [2.75, 3.05) is 5.32 Å². The van der Waals surface area contributed by atoms with E-state index in [0.717, 1.165) is 29.3 Å². The number of aromatic nitrogens is 2. The van der Waals surface area contributed by atoms with E-state index < -0.39 is 0 Å². The number of nitrogens with zero attached hydrogens (tertiary/aromatic N) is 2. The summed E-state index contributed by atoms with van der Waals surface area (Å²) in [5.41, 5.74) is 0.879. The minimum absolute atomic E-state index is 0.0470. The number of carbonyl (C=O) groups excluding carboxylic acids is 1. The number of hydrogen-bond acceptors (Lipinski definition) is 6. The molecule has 1 N–H and O–H groups in total. The summed E-state index contributed by atoms with van der Waals surface area (Å²) in [6.45, 7) is 0. The second kappa shape index (κ2) is 6.77. The maximum atomic E-state index is 11.8. The summed E-state index contributed by atoms with van der Waals surface area (Å²) in [6, 6.07) is 7.45. The van der Waals surface area contributed by atoms with Crippen LogP contribution in [0, 0.1) is 0 Å². The van der Waals surface area contributed by atoms with E-state index in [4.69, 9.17) is 11.6 Å². The van der Waals surface area contributed by atoms with Crippen LogP contribution in [-0.4, -0.2) is 21.2 Å². The molecule has 4 nitrogen and oxygen atoms in total. The maximum Gasteiger partial charge on any atom is 0.210 e. The predicted octanol–water partition coefficient (Wildman–Crippen LogP) is 4.54. The first-order valence-corrected chi connectivity index (χ1v) is 8.83. The first-order valence-electron chi connectivity index (χ1n) is 6.76. The molecular formula is C14H14ClN3OS2. The minimum atomic E-state index is 0.0470. The van der Waals surface area contributed by atoms with E-state index in [1.165, 1.54) is 23.1 Å². The fourth-order valence-electron chi connectivity index (χ4n) is 2.19. The molecule has 0 unspecified atom stereocenters. The summed E-state index contributed by atoms with van der Waals surface area (Å²) in [5, 5.41) is 12.9. The zero-order valence-electron chi connectivity index (χ0n) is 11.2. The van der Waals surface area contributed by atoms with Crippen LogP contribution in [0.1, 0.15) is 25.7 Å². The molecule has 1 fully saturated rings. The lowest BCUT2D eigenvalue weighted by molar-refractivity contribution is -0.119. The lowest BCUT2D eigenvalue weighted by Crippen LogP contribution is -2.21. The highest BCUT2D eigenvalue weighted by molar-refractivity contribution is 8.02. The molecule has 110 valence electrons. The van der Waals surface area contributed by atoms with Crippen molar-refractivity contribution in [1.29, 1.82) is 0 Å². The molecule has 0 bridgehead atoms. The lowest BCUT2D eigenvalue weighted by Gasteiger charge is -2.17. The molecule has 21 heavy (non-hydrogen) atoms. The van der Waals surface area contributed by atoms with Gasteiger partial charge in [0.1, 0.15) is 5.78 Å². The second-order valence-corrected chi connectivity index (χ2v) is 7.69. The lowest BCUT2D eigenvalue weighted by atomic mass is 9.99. The molecule has 1 saturated carbocycles. The van der Waals surface area contributed by atoms with Gasteiger partial charge >= 0.3 is 0 Å². The van der Waals surface area contributed by atoms with Crippen molar-refractivity contribution in [3.63, 3.8) is 0 Å². The minimum Gasteiger partial charge on any atom is -0.330 e. The van der Waals surface area contributed by atoms with Crippen LogP contribution in [0.4, 0.5) is 10.8 Å². The largest absolute Gasteiger partial charge is 0.330 e. The highest BCUT2D eigenvalue weighted by atomic mass is 35.5. The average Bonchev–Trinajstić information content (AvgIpc) is 2.89. The van der Waals surface area contributed by atoms with Crippen LogP contribution in [0.25, 0.3) is 0 Å². The number of benzene rings is 1. The normalized spacial score (nSPS) is 18.7. The van der Waals surface area contributed by atoms with Gasteiger partial charge in [0.2, 0.25) is 5.13 Å². The molecule has 3 rings (SSSR count). The number of anilines is 2. The molecule has 1 atom stereocenters. The second-order valence-electron chi connectivity index (χ2n) is 4.83. The van der Waals surface area contributed by atoms with Crippen LogP contribution in [0.15, 0.2) is 28.6 Å². The third-order valence-electron chi connectivity index (χ3n) is 3.22. The van der Waals surface area contributed by atoms with E-state index in [9.17, 15) is 4.79 Å². The van der Waals surface area contributed by atoms with E-state index in [1.54, 1.807) is 0 Å². The van der Waals surface area contributed by atoms with Crippen LogP contribution in [0.3, 0.4) is 0 Å². The van der Waals surface area contributed by atoms with Gasteiger partial charge in [-0.25, -0.2) is 0 Å².